The van der Waals surface area contributed by atoms with Gasteiger partial charge in [0.15, 0.2) is 11.8 Å². The van der Waals surface area contributed by atoms with Crippen molar-refractivity contribution in [1.82, 2.24) is 25.8 Å². The Bertz CT molecular complexity index is 620. The summed E-state index contributed by atoms with van der Waals surface area (Å²) >= 11 is 1.69. The van der Waals surface area contributed by atoms with E-state index >= 15 is 0 Å². The van der Waals surface area contributed by atoms with E-state index in [-0.39, 0.29) is 24.0 Å². The van der Waals surface area contributed by atoms with Gasteiger partial charge in [-0.25, -0.2) is 9.98 Å². The molecular formula is C14H23IN6OS. The van der Waals surface area contributed by atoms with Crippen LogP contribution in [0.2, 0.25) is 0 Å². The van der Waals surface area contributed by atoms with Crippen molar-refractivity contribution in [3.05, 3.63) is 27.3 Å². The molecule has 2 N–H and O–H groups in total. The highest BCUT2D eigenvalue weighted by molar-refractivity contribution is 14.0. The standard InChI is InChI=1S/C14H22N6OS.HI/c1-5-15-14(16-7-6-12-19-11(4)20-21-12)17-8-13-18-9(2)10(3)22-13;/h5-8H2,1-4H3,(H2,15,16,17);1H. The van der Waals surface area contributed by atoms with Crippen molar-refractivity contribution in [2.75, 3.05) is 13.1 Å². The molecule has 0 saturated heterocycles. The lowest BCUT2D eigenvalue weighted by atomic mass is 10.4. The van der Waals surface area contributed by atoms with E-state index in [4.69, 9.17) is 4.52 Å². The first-order valence-electron chi connectivity index (χ1n) is 7.32. The van der Waals surface area contributed by atoms with Gasteiger partial charge in [-0.15, -0.1) is 35.3 Å². The molecule has 2 heterocycles. The predicted molar refractivity (Wildman–Crippen MR) is 103 cm³/mol. The largest absolute Gasteiger partial charge is 0.357 e. The molecule has 0 spiro atoms. The Morgan fingerprint density at radius 3 is 2.57 bits per heavy atom. The first kappa shape index (κ1) is 19.8. The molecular weight excluding hydrogens is 427 g/mol. The Morgan fingerprint density at radius 1 is 1.22 bits per heavy atom. The van der Waals surface area contributed by atoms with Gasteiger partial charge in [0.2, 0.25) is 5.89 Å². The van der Waals surface area contributed by atoms with Gasteiger partial charge in [-0.1, -0.05) is 5.16 Å². The zero-order valence-electron chi connectivity index (χ0n) is 13.8. The normalized spacial score (nSPS) is 11.2. The lowest BCUT2D eigenvalue weighted by Crippen LogP contribution is -2.38. The summed E-state index contributed by atoms with van der Waals surface area (Å²) in [6, 6.07) is 0. The molecule has 9 heteroatoms. The number of hydrogen-bond acceptors (Lipinski definition) is 6. The van der Waals surface area contributed by atoms with Gasteiger partial charge in [-0.3, -0.25) is 0 Å². The third-order valence-electron chi connectivity index (χ3n) is 2.99. The Morgan fingerprint density at radius 2 is 2.00 bits per heavy atom. The highest BCUT2D eigenvalue weighted by atomic mass is 127. The highest BCUT2D eigenvalue weighted by Gasteiger charge is 2.05. The summed E-state index contributed by atoms with van der Waals surface area (Å²) in [4.78, 5) is 14.5. The number of aryl methyl sites for hydroxylation is 3. The molecule has 0 fully saturated rings. The lowest BCUT2D eigenvalue weighted by molar-refractivity contribution is 0.374. The first-order valence-corrected chi connectivity index (χ1v) is 8.14. The van der Waals surface area contributed by atoms with Crippen LogP contribution in [0.1, 0.15) is 34.2 Å². The molecule has 0 aliphatic rings. The van der Waals surface area contributed by atoms with E-state index in [1.54, 1.807) is 11.3 Å². The summed E-state index contributed by atoms with van der Waals surface area (Å²) in [7, 11) is 0. The third kappa shape index (κ3) is 6.42. The fourth-order valence-electron chi connectivity index (χ4n) is 1.82. The second kappa shape index (κ2) is 9.81. The predicted octanol–water partition coefficient (Wildman–Crippen LogP) is 2.37. The molecule has 0 aromatic carbocycles. The van der Waals surface area contributed by atoms with E-state index < -0.39 is 0 Å². The maximum atomic E-state index is 5.08. The van der Waals surface area contributed by atoms with Gasteiger partial charge in [-0.2, -0.15) is 4.98 Å². The van der Waals surface area contributed by atoms with Gasteiger partial charge in [0.1, 0.15) is 5.01 Å². The molecule has 0 unspecified atom stereocenters. The van der Waals surface area contributed by atoms with E-state index in [1.165, 1.54) is 4.88 Å². The number of rotatable bonds is 6. The summed E-state index contributed by atoms with van der Waals surface area (Å²) < 4.78 is 5.08. The fourth-order valence-corrected chi connectivity index (χ4v) is 2.68. The number of nitrogens with zero attached hydrogens (tertiary/aromatic N) is 4. The summed E-state index contributed by atoms with van der Waals surface area (Å²) in [5.74, 6) is 2.06. The molecule has 2 aromatic heterocycles. The molecule has 0 bridgehead atoms. The number of nitrogens with one attached hydrogen (secondary N) is 2. The second-order valence-corrected chi connectivity index (χ2v) is 6.14. The molecule has 23 heavy (non-hydrogen) atoms. The number of guanidine groups is 1. The van der Waals surface area contributed by atoms with Gasteiger partial charge in [0, 0.05) is 24.4 Å². The van der Waals surface area contributed by atoms with Gasteiger partial charge >= 0.3 is 0 Å². The zero-order valence-corrected chi connectivity index (χ0v) is 17.0. The molecule has 0 amide bonds. The molecule has 7 nitrogen and oxygen atoms in total. The van der Waals surface area contributed by atoms with Crippen LogP contribution >= 0.6 is 35.3 Å². The smallest absolute Gasteiger partial charge is 0.228 e. The van der Waals surface area contributed by atoms with Crippen LogP contribution in [0.5, 0.6) is 0 Å². The monoisotopic (exact) mass is 450 g/mol. The van der Waals surface area contributed by atoms with Crippen molar-refractivity contribution >= 4 is 41.3 Å². The highest BCUT2D eigenvalue weighted by Crippen LogP contribution is 2.16. The molecule has 128 valence electrons. The molecule has 0 saturated carbocycles. The van der Waals surface area contributed by atoms with E-state index in [0.29, 0.717) is 31.2 Å². The summed E-state index contributed by atoms with van der Waals surface area (Å²) in [6.07, 6.45) is 0.667. The van der Waals surface area contributed by atoms with Crippen LogP contribution < -0.4 is 10.6 Å². The van der Waals surface area contributed by atoms with E-state index in [0.717, 1.165) is 23.2 Å². The van der Waals surface area contributed by atoms with Crippen molar-refractivity contribution < 1.29 is 4.52 Å². The minimum absolute atomic E-state index is 0. The van der Waals surface area contributed by atoms with Crippen molar-refractivity contribution in [2.45, 2.75) is 40.7 Å². The number of halogens is 1. The van der Waals surface area contributed by atoms with Crippen LogP contribution in [-0.2, 0) is 13.0 Å². The number of hydrogen-bond donors (Lipinski definition) is 2. The van der Waals surface area contributed by atoms with Gasteiger partial charge in [-0.05, 0) is 27.7 Å². The van der Waals surface area contributed by atoms with Crippen molar-refractivity contribution in [3.8, 4) is 0 Å². The lowest BCUT2D eigenvalue weighted by Gasteiger charge is -2.09. The minimum Gasteiger partial charge on any atom is -0.357 e. The maximum absolute atomic E-state index is 5.08. The molecule has 0 atom stereocenters. The average molecular weight is 450 g/mol. The van der Waals surface area contributed by atoms with E-state index in [9.17, 15) is 0 Å². The van der Waals surface area contributed by atoms with E-state index in [1.807, 2.05) is 20.8 Å². The van der Waals surface area contributed by atoms with Crippen molar-refractivity contribution in [1.29, 1.82) is 0 Å². The van der Waals surface area contributed by atoms with Crippen LogP contribution in [0.25, 0.3) is 0 Å². The summed E-state index contributed by atoms with van der Waals surface area (Å²) in [5, 5.41) is 11.3. The van der Waals surface area contributed by atoms with Crippen LogP contribution in [-0.4, -0.2) is 34.2 Å². The topological polar surface area (TPSA) is 88.2 Å². The fraction of sp³-hybridized carbons (Fsp3) is 0.571. The minimum atomic E-state index is 0. The van der Waals surface area contributed by atoms with Gasteiger partial charge < -0.3 is 15.2 Å². The Balaban J connectivity index is 0.00000264. The first-order chi connectivity index (χ1) is 10.6. The SMILES string of the molecule is CCNC(=NCc1nc(C)c(C)s1)NCCc1nc(C)no1.I. The number of aliphatic imine (C=N–C) groups is 1. The molecule has 2 aromatic rings. The molecule has 2 rings (SSSR count). The van der Waals surface area contributed by atoms with Gasteiger partial charge in [0.05, 0.1) is 12.2 Å². The van der Waals surface area contributed by atoms with Crippen LogP contribution in [0, 0.1) is 20.8 Å². The van der Waals surface area contributed by atoms with Crippen LogP contribution in [0.4, 0.5) is 0 Å². The Labute approximate surface area is 157 Å². The maximum Gasteiger partial charge on any atom is 0.228 e. The van der Waals surface area contributed by atoms with Crippen molar-refractivity contribution in [2.24, 2.45) is 4.99 Å². The average Bonchev–Trinajstić information content (AvgIpc) is 3.03. The number of thiazole rings is 1. The van der Waals surface area contributed by atoms with Crippen molar-refractivity contribution in [3.63, 3.8) is 0 Å². The quantitative estimate of drug-likeness (QED) is 0.399. The van der Waals surface area contributed by atoms with Crippen LogP contribution in [0.3, 0.4) is 0 Å². The van der Waals surface area contributed by atoms with Gasteiger partial charge in [0.25, 0.3) is 0 Å². The van der Waals surface area contributed by atoms with E-state index in [2.05, 4.69) is 37.7 Å². The Kier molecular flexibility index (Phi) is 8.45. The number of aromatic nitrogens is 3. The molecule has 0 aliphatic heterocycles. The summed E-state index contributed by atoms with van der Waals surface area (Å²) in [5.41, 5.74) is 1.08. The third-order valence-corrected chi connectivity index (χ3v) is 4.05. The molecule has 0 radical (unpaired) electrons. The zero-order chi connectivity index (χ0) is 15.9. The van der Waals surface area contributed by atoms with Crippen LogP contribution in [0.15, 0.2) is 9.52 Å². The Hall–Kier alpha value is -1.23. The second-order valence-electron chi connectivity index (χ2n) is 4.86. The summed E-state index contributed by atoms with van der Waals surface area (Å²) in [6.45, 7) is 10.0. The molecule has 0 aliphatic carbocycles.